The van der Waals surface area contributed by atoms with Crippen LogP contribution in [0.5, 0.6) is 0 Å². The number of ketones is 1. The van der Waals surface area contributed by atoms with Gasteiger partial charge in [0.05, 0.1) is 12.7 Å². The molecule has 6 nitrogen and oxygen atoms in total. The van der Waals surface area contributed by atoms with Crippen LogP contribution in [0.3, 0.4) is 0 Å². The number of aliphatic hydroxyl groups is 4. The minimum Gasteiger partial charge on any atom is -0.394 e. The number of rotatable bonds is 5. The number of carbonyl (C=O) groups is 1. The van der Waals surface area contributed by atoms with E-state index in [0.717, 1.165) is 0 Å². The van der Waals surface area contributed by atoms with Gasteiger partial charge in [0.15, 0.2) is 5.78 Å². The highest BCUT2D eigenvalue weighted by Crippen LogP contribution is 2.23. The van der Waals surface area contributed by atoms with E-state index in [0.29, 0.717) is 5.56 Å². The smallest absolute Gasteiger partial charge is 0.158 e. The average molecular weight is 326 g/mol. The molecule has 5 atom stereocenters. The van der Waals surface area contributed by atoms with Crippen LogP contribution in [0.15, 0.2) is 30.3 Å². The molecule has 7 heteroatoms. The van der Waals surface area contributed by atoms with E-state index >= 15 is 0 Å². The first-order valence-electron chi connectivity index (χ1n) is 7.19. The summed E-state index contributed by atoms with van der Waals surface area (Å²) in [6.45, 7) is -0.541. The molecule has 1 heterocycles. The molecule has 0 radical (unpaired) electrons. The fraction of sp³-hybridized carbons (Fsp3) is 0.438. The summed E-state index contributed by atoms with van der Waals surface area (Å²) in [5.41, 5.74) is 0.633. The predicted octanol–water partition coefficient (Wildman–Crippen LogP) is -0.360. The molecule has 1 fully saturated rings. The second-order valence-electron chi connectivity index (χ2n) is 5.42. The molecule has 4 unspecified atom stereocenters. The van der Waals surface area contributed by atoms with Crippen LogP contribution >= 0.6 is 0 Å². The van der Waals surface area contributed by atoms with Crippen LogP contribution in [-0.4, -0.2) is 63.3 Å². The van der Waals surface area contributed by atoms with Crippen LogP contribution in [0.4, 0.5) is 4.39 Å². The van der Waals surface area contributed by atoms with E-state index in [1.807, 2.05) is 0 Å². The van der Waals surface area contributed by atoms with Gasteiger partial charge in [0.2, 0.25) is 0 Å². The van der Waals surface area contributed by atoms with E-state index in [-0.39, 0.29) is 18.0 Å². The third-order valence-electron chi connectivity index (χ3n) is 3.73. The largest absolute Gasteiger partial charge is 0.394 e. The van der Waals surface area contributed by atoms with Crippen molar-refractivity contribution in [3.05, 3.63) is 41.7 Å². The van der Waals surface area contributed by atoms with E-state index in [1.54, 1.807) is 0 Å². The lowest BCUT2D eigenvalue weighted by molar-refractivity contribution is -0.229. The Kier molecular flexibility index (Phi) is 5.97. The Bertz CT molecular complexity index is 556. The number of hydrogen-bond donors (Lipinski definition) is 4. The Balaban J connectivity index is 1.97. The first kappa shape index (κ1) is 17.7. The molecule has 1 aromatic carbocycles. The fourth-order valence-corrected chi connectivity index (χ4v) is 2.38. The lowest BCUT2D eigenvalue weighted by Crippen LogP contribution is -2.58. The highest BCUT2D eigenvalue weighted by Gasteiger charge is 2.43. The third-order valence-corrected chi connectivity index (χ3v) is 3.73. The monoisotopic (exact) mass is 326 g/mol. The molecule has 0 bridgehead atoms. The second-order valence-corrected chi connectivity index (χ2v) is 5.42. The molecule has 4 N–H and O–H groups in total. The zero-order valence-corrected chi connectivity index (χ0v) is 12.2. The van der Waals surface area contributed by atoms with E-state index < -0.39 is 37.1 Å². The number of aliphatic hydroxyl groups excluding tert-OH is 4. The SMILES string of the molecule is O=C(/C=C/c1ccc(F)cc1)CC1OC(CO)[C@@H](O)C(O)C1O. The fourth-order valence-electron chi connectivity index (χ4n) is 2.38. The van der Waals surface area contributed by atoms with E-state index in [1.165, 1.54) is 36.4 Å². The molecule has 2 rings (SSSR count). The number of hydrogen-bond acceptors (Lipinski definition) is 6. The molecule has 0 amide bonds. The Hall–Kier alpha value is -1.64. The molecule has 0 spiro atoms. The summed E-state index contributed by atoms with van der Waals surface area (Å²) in [6, 6.07) is 5.55. The summed E-state index contributed by atoms with van der Waals surface area (Å²) in [7, 11) is 0. The highest BCUT2D eigenvalue weighted by atomic mass is 19.1. The first-order chi connectivity index (χ1) is 10.9. The van der Waals surface area contributed by atoms with Crippen molar-refractivity contribution in [3.8, 4) is 0 Å². The van der Waals surface area contributed by atoms with Gasteiger partial charge in [0.1, 0.15) is 30.2 Å². The summed E-state index contributed by atoms with van der Waals surface area (Å²) in [5, 5.41) is 38.3. The van der Waals surface area contributed by atoms with Crippen molar-refractivity contribution < 1.29 is 34.3 Å². The molecule has 0 aliphatic carbocycles. The Labute approximate surface area is 132 Å². The molecule has 0 aromatic heterocycles. The second kappa shape index (κ2) is 7.76. The van der Waals surface area contributed by atoms with Crippen molar-refractivity contribution >= 4 is 11.9 Å². The van der Waals surface area contributed by atoms with Gasteiger partial charge in [-0.3, -0.25) is 4.79 Å². The van der Waals surface area contributed by atoms with Crippen LogP contribution in [-0.2, 0) is 9.53 Å². The Morgan fingerprint density at radius 3 is 2.30 bits per heavy atom. The maximum atomic E-state index is 12.8. The van der Waals surface area contributed by atoms with Gasteiger partial charge in [-0.15, -0.1) is 0 Å². The Morgan fingerprint density at radius 2 is 1.70 bits per heavy atom. The lowest BCUT2D eigenvalue weighted by atomic mass is 9.92. The van der Waals surface area contributed by atoms with Crippen molar-refractivity contribution in [3.63, 3.8) is 0 Å². The normalized spacial score (nSPS) is 31.4. The highest BCUT2D eigenvalue weighted by molar-refractivity contribution is 5.93. The summed E-state index contributed by atoms with van der Waals surface area (Å²) < 4.78 is 18.0. The first-order valence-corrected chi connectivity index (χ1v) is 7.19. The van der Waals surface area contributed by atoms with Gasteiger partial charge >= 0.3 is 0 Å². The van der Waals surface area contributed by atoms with Crippen molar-refractivity contribution in [2.24, 2.45) is 0 Å². The van der Waals surface area contributed by atoms with Gasteiger partial charge in [-0.2, -0.15) is 0 Å². The van der Waals surface area contributed by atoms with E-state index in [2.05, 4.69) is 0 Å². The maximum absolute atomic E-state index is 12.8. The van der Waals surface area contributed by atoms with Crippen LogP contribution in [0.25, 0.3) is 6.08 Å². The standard InChI is InChI=1S/C16H19FO6/c17-10-4-1-9(2-5-10)3-6-11(19)7-12-14(20)16(22)15(21)13(8-18)23-12/h1-6,12-16,18,20-22H,7-8H2/b6-3+/t12?,13?,14?,15-,16?/m1/s1. The number of ether oxygens (including phenoxy) is 1. The van der Waals surface area contributed by atoms with Gasteiger partial charge in [-0.05, 0) is 23.8 Å². The molecule has 23 heavy (non-hydrogen) atoms. The van der Waals surface area contributed by atoms with Crippen molar-refractivity contribution in [1.29, 1.82) is 0 Å². The summed E-state index contributed by atoms with van der Waals surface area (Å²) in [4.78, 5) is 11.9. The van der Waals surface area contributed by atoms with Crippen LogP contribution < -0.4 is 0 Å². The average Bonchev–Trinajstić information content (AvgIpc) is 2.55. The summed E-state index contributed by atoms with van der Waals surface area (Å²) in [6.07, 6.45) is -3.92. The summed E-state index contributed by atoms with van der Waals surface area (Å²) in [5.74, 6) is -0.756. The number of allylic oxidation sites excluding steroid dienone is 1. The minimum absolute atomic E-state index is 0.223. The topological polar surface area (TPSA) is 107 Å². The zero-order valence-electron chi connectivity index (χ0n) is 12.2. The van der Waals surface area contributed by atoms with Crippen molar-refractivity contribution in [2.45, 2.75) is 36.9 Å². The molecule has 1 saturated heterocycles. The molecule has 126 valence electrons. The molecule has 0 saturated carbocycles. The van der Waals surface area contributed by atoms with Gasteiger partial charge < -0.3 is 25.2 Å². The minimum atomic E-state index is -1.50. The van der Waals surface area contributed by atoms with Crippen LogP contribution in [0.1, 0.15) is 12.0 Å². The van der Waals surface area contributed by atoms with Crippen molar-refractivity contribution in [2.75, 3.05) is 6.61 Å². The van der Waals surface area contributed by atoms with Crippen molar-refractivity contribution in [1.82, 2.24) is 0 Å². The molecular weight excluding hydrogens is 307 g/mol. The van der Waals surface area contributed by atoms with E-state index in [9.17, 15) is 24.5 Å². The number of halogens is 1. The Morgan fingerprint density at radius 1 is 1.09 bits per heavy atom. The summed E-state index contributed by atoms with van der Waals surface area (Å²) >= 11 is 0. The number of benzene rings is 1. The molecular formula is C16H19FO6. The van der Waals surface area contributed by atoms with Gasteiger partial charge in [-0.1, -0.05) is 18.2 Å². The van der Waals surface area contributed by atoms with E-state index in [4.69, 9.17) is 9.84 Å². The van der Waals surface area contributed by atoms with Gasteiger partial charge in [0.25, 0.3) is 0 Å². The third kappa shape index (κ3) is 4.43. The van der Waals surface area contributed by atoms with Gasteiger partial charge in [0, 0.05) is 6.42 Å². The molecule has 1 aromatic rings. The van der Waals surface area contributed by atoms with Gasteiger partial charge in [-0.25, -0.2) is 4.39 Å². The quantitative estimate of drug-likeness (QED) is 0.551. The van der Waals surface area contributed by atoms with Crippen LogP contribution in [0, 0.1) is 5.82 Å². The number of carbonyl (C=O) groups excluding carboxylic acids is 1. The predicted molar refractivity (Wildman–Crippen MR) is 78.8 cm³/mol. The zero-order chi connectivity index (χ0) is 17.0. The lowest BCUT2D eigenvalue weighted by Gasteiger charge is -2.39. The maximum Gasteiger partial charge on any atom is 0.158 e. The molecule has 1 aliphatic heterocycles. The molecule has 1 aliphatic rings. The van der Waals surface area contributed by atoms with Crippen LogP contribution in [0.2, 0.25) is 0 Å².